The second kappa shape index (κ2) is 10.0. The molecule has 164 valence electrons. The Morgan fingerprint density at radius 3 is 1.97 bits per heavy atom. The van der Waals surface area contributed by atoms with Gasteiger partial charge < -0.3 is 9.47 Å². The Morgan fingerprint density at radius 1 is 0.933 bits per heavy atom. The molecular formula is C23H37B2NO4. The molecule has 0 aromatic carbocycles. The first-order valence-corrected chi connectivity index (χ1v) is 10.6. The number of methoxy groups -OCH3 is 1. The van der Waals surface area contributed by atoms with E-state index < -0.39 is 16.3 Å². The molecule has 7 heteroatoms. The molecule has 0 amide bonds. The fourth-order valence-corrected chi connectivity index (χ4v) is 3.10. The van der Waals surface area contributed by atoms with Crippen molar-refractivity contribution >= 4 is 26.5 Å². The monoisotopic (exact) mass is 413 g/mol. The molecule has 5 nitrogen and oxygen atoms in total. The quantitative estimate of drug-likeness (QED) is 0.412. The van der Waals surface area contributed by atoms with Crippen molar-refractivity contribution in [1.82, 2.24) is 4.98 Å². The molecule has 1 aromatic rings. The van der Waals surface area contributed by atoms with Gasteiger partial charge in [-0.3, -0.25) is 14.6 Å². The molecule has 0 spiro atoms. The van der Waals surface area contributed by atoms with Crippen LogP contribution in [0, 0.1) is 5.41 Å². The molecule has 2 unspecified atom stereocenters. The van der Waals surface area contributed by atoms with Gasteiger partial charge in [0.15, 0.2) is 0 Å². The molecule has 0 fully saturated rings. The zero-order valence-electron chi connectivity index (χ0n) is 20.2. The van der Waals surface area contributed by atoms with Crippen molar-refractivity contribution in [2.45, 2.75) is 90.7 Å². The van der Waals surface area contributed by atoms with E-state index in [0.29, 0.717) is 12.6 Å². The van der Waals surface area contributed by atoms with Crippen molar-refractivity contribution in [3.63, 3.8) is 0 Å². The standard InChI is InChI=1S/C23H37B2NO4/c1-10-22(7,17-11-13-26-14-12-17)25-16-23(8,19(28)29-9)24-15-21(5,6)18(27)30-20(2,3)4/h11-14H,10,15-16H2,1-9H3. The summed E-state index contributed by atoms with van der Waals surface area (Å²) < 4.78 is 10.7. The maximum atomic E-state index is 12.7. The lowest BCUT2D eigenvalue weighted by molar-refractivity contribution is -0.164. The lowest BCUT2D eigenvalue weighted by Crippen LogP contribution is -2.39. The molecular weight excluding hydrogens is 376 g/mol. The van der Waals surface area contributed by atoms with E-state index in [1.165, 1.54) is 7.11 Å². The molecule has 1 aromatic heterocycles. The summed E-state index contributed by atoms with van der Waals surface area (Å²) in [6.07, 6.45) is 5.35. The normalized spacial score (nSPS) is 16.0. The minimum atomic E-state index is -0.850. The molecule has 0 bridgehead atoms. The van der Waals surface area contributed by atoms with Gasteiger partial charge in [-0.2, -0.15) is 0 Å². The van der Waals surface area contributed by atoms with Gasteiger partial charge in [-0.1, -0.05) is 53.7 Å². The number of hydrogen-bond donors (Lipinski definition) is 0. The highest BCUT2D eigenvalue weighted by Gasteiger charge is 2.41. The Labute approximate surface area is 184 Å². The number of hydrogen-bond acceptors (Lipinski definition) is 5. The summed E-state index contributed by atoms with van der Waals surface area (Å²) in [6, 6.07) is 4.01. The average Bonchev–Trinajstić information content (AvgIpc) is 2.69. The predicted octanol–water partition coefficient (Wildman–Crippen LogP) is 4.67. The number of aromatic nitrogens is 1. The van der Waals surface area contributed by atoms with Crippen molar-refractivity contribution in [1.29, 1.82) is 0 Å². The van der Waals surface area contributed by atoms with Gasteiger partial charge in [0.2, 0.25) is 0 Å². The van der Waals surface area contributed by atoms with Crippen molar-refractivity contribution in [3.8, 4) is 0 Å². The summed E-state index contributed by atoms with van der Waals surface area (Å²) in [7, 11) is 5.48. The molecule has 0 saturated carbocycles. The molecule has 1 heterocycles. The van der Waals surface area contributed by atoms with E-state index in [9.17, 15) is 9.59 Å². The van der Waals surface area contributed by atoms with Gasteiger partial charge >= 0.3 is 11.9 Å². The molecule has 0 saturated heterocycles. The van der Waals surface area contributed by atoms with E-state index in [4.69, 9.17) is 9.47 Å². The van der Waals surface area contributed by atoms with Crippen LogP contribution in [-0.4, -0.2) is 44.2 Å². The van der Waals surface area contributed by atoms with Gasteiger partial charge in [0.1, 0.15) is 20.2 Å². The van der Waals surface area contributed by atoms with E-state index in [1.54, 1.807) is 12.4 Å². The van der Waals surface area contributed by atoms with Crippen LogP contribution in [0.5, 0.6) is 0 Å². The average molecular weight is 413 g/mol. The van der Waals surface area contributed by atoms with E-state index in [-0.39, 0.29) is 17.3 Å². The Morgan fingerprint density at radius 2 is 1.50 bits per heavy atom. The highest BCUT2D eigenvalue weighted by Crippen LogP contribution is 2.39. The fourth-order valence-electron chi connectivity index (χ4n) is 3.10. The van der Waals surface area contributed by atoms with Crippen LogP contribution in [0.25, 0.3) is 0 Å². The zero-order valence-corrected chi connectivity index (χ0v) is 20.2. The van der Waals surface area contributed by atoms with Crippen LogP contribution in [-0.2, 0) is 24.4 Å². The van der Waals surface area contributed by atoms with Crippen molar-refractivity contribution < 1.29 is 19.1 Å². The topological polar surface area (TPSA) is 65.5 Å². The van der Waals surface area contributed by atoms with Gasteiger partial charge in [-0.05, 0) is 43.8 Å². The number of pyridine rings is 1. The van der Waals surface area contributed by atoms with Gasteiger partial charge in [-0.15, -0.1) is 0 Å². The molecule has 0 N–H and O–H groups in total. The van der Waals surface area contributed by atoms with Crippen LogP contribution < -0.4 is 0 Å². The third kappa shape index (κ3) is 7.17. The van der Waals surface area contributed by atoms with Gasteiger partial charge in [0.25, 0.3) is 0 Å². The largest absolute Gasteiger partial charge is 0.469 e. The number of ether oxygens (including phenoxy) is 2. The number of carbonyl (C=O) groups excluding carboxylic acids is 2. The summed E-state index contributed by atoms with van der Waals surface area (Å²) in [4.78, 5) is 29.4. The summed E-state index contributed by atoms with van der Waals surface area (Å²) in [5.41, 5.74) is -0.149. The predicted molar refractivity (Wildman–Crippen MR) is 123 cm³/mol. The van der Waals surface area contributed by atoms with Crippen LogP contribution in [0.15, 0.2) is 24.5 Å². The van der Waals surface area contributed by atoms with Crippen LogP contribution in [0.4, 0.5) is 0 Å². The fraction of sp³-hybridized carbons (Fsp3) is 0.696. The van der Waals surface area contributed by atoms with E-state index in [2.05, 4.69) is 26.1 Å². The van der Waals surface area contributed by atoms with E-state index >= 15 is 0 Å². The molecule has 0 aliphatic heterocycles. The molecule has 30 heavy (non-hydrogen) atoms. The van der Waals surface area contributed by atoms with Crippen molar-refractivity contribution in [3.05, 3.63) is 30.1 Å². The lowest BCUT2D eigenvalue weighted by Gasteiger charge is -2.35. The van der Waals surface area contributed by atoms with Crippen molar-refractivity contribution in [2.75, 3.05) is 7.11 Å². The number of carbonyl (C=O) groups is 2. The first kappa shape index (κ1) is 26.3. The van der Waals surface area contributed by atoms with E-state index in [0.717, 1.165) is 12.0 Å². The van der Waals surface area contributed by atoms with Crippen LogP contribution in [0.1, 0.15) is 67.4 Å². The number of nitrogens with zero attached hydrogens (tertiary/aromatic N) is 1. The van der Waals surface area contributed by atoms with Crippen LogP contribution >= 0.6 is 0 Å². The van der Waals surface area contributed by atoms with Gasteiger partial charge in [-0.25, -0.2) is 0 Å². The molecule has 0 aliphatic rings. The number of esters is 2. The zero-order chi connectivity index (χ0) is 23.2. The SMILES string of the molecule is CCC(C)([B]CC(C)([B]CC(C)(C)C(=O)OC(C)(C)C)C(=O)OC)c1ccncc1. The maximum absolute atomic E-state index is 12.7. The van der Waals surface area contributed by atoms with Gasteiger partial charge in [0, 0.05) is 17.7 Å². The summed E-state index contributed by atoms with van der Waals surface area (Å²) in [6.45, 7) is 15.4. The first-order chi connectivity index (χ1) is 13.7. The maximum Gasteiger partial charge on any atom is 0.311 e. The third-order valence-electron chi connectivity index (χ3n) is 5.72. The highest BCUT2D eigenvalue weighted by molar-refractivity contribution is 6.52. The Balaban J connectivity index is 2.96. The lowest BCUT2D eigenvalue weighted by atomic mass is 9.36. The summed E-state index contributed by atoms with van der Waals surface area (Å²) >= 11 is 0. The van der Waals surface area contributed by atoms with Crippen LogP contribution in [0.2, 0.25) is 18.0 Å². The molecule has 1 rings (SSSR count). The Kier molecular flexibility index (Phi) is 8.77. The van der Waals surface area contributed by atoms with Crippen LogP contribution in [0.3, 0.4) is 0 Å². The van der Waals surface area contributed by atoms with E-state index in [1.807, 2.05) is 61.0 Å². The minimum Gasteiger partial charge on any atom is -0.469 e. The molecule has 0 aliphatic carbocycles. The smallest absolute Gasteiger partial charge is 0.311 e. The highest BCUT2D eigenvalue weighted by atomic mass is 16.6. The summed E-state index contributed by atoms with van der Waals surface area (Å²) in [5, 5.41) is -1.05. The minimum absolute atomic E-state index is 0.202. The summed E-state index contributed by atoms with van der Waals surface area (Å²) in [5.74, 6) is -0.593. The van der Waals surface area contributed by atoms with Crippen molar-refractivity contribution in [2.24, 2.45) is 5.41 Å². The third-order valence-corrected chi connectivity index (χ3v) is 5.72. The second-order valence-corrected chi connectivity index (χ2v) is 10.1. The Bertz CT molecular complexity index is 718. The molecule has 2 radical (unpaired) electrons. The van der Waals surface area contributed by atoms with Gasteiger partial charge in [0.05, 0.1) is 12.5 Å². The number of rotatable bonds is 10. The second-order valence-electron chi connectivity index (χ2n) is 10.1. The first-order valence-electron chi connectivity index (χ1n) is 10.6. The molecule has 2 atom stereocenters. The Hall–Kier alpha value is -1.78.